The highest BCUT2D eigenvalue weighted by atomic mass is 32.2. The van der Waals surface area contributed by atoms with Crippen molar-refractivity contribution in [2.45, 2.75) is 42.9 Å². The van der Waals surface area contributed by atoms with Crippen LogP contribution >= 0.6 is 23.5 Å². The summed E-state index contributed by atoms with van der Waals surface area (Å²) in [5.41, 5.74) is 2.41. The van der Waals surface area contributed by atoms with Crippen LogP contribution in [-0.4, -0.2) is 29.6 Å². The highest BCUT2D eigenvalue weighted by molar-refractivity contribution is 7.99. The molecule has 1 N–H and O–H groups in total. The van der Waals surface area contributed by atoms with Gasteiger partial charge in [-0.15, -0.1) is 23.5 Å². The second-order valence-corrected chi connectivity index (χ2v) is 9.54. The SMILES string of the molecule is CCCC1(CC)CSc2cc(O/C=C(\F)C(=O)O)c(SC)cc2N(c2ccccc2)C1. The summed E-state index contributed by atoms with van der Waals surface area (Å²) in [5, 5.41) is 8.77. The molecule has 0 spiro atoms. The molecule has 0 saturated carbocycles. The number of halogens is 1. The number of carboxylic acids is 1. The Kier molecular flexibility index (Phi) is 7.94. The van der Waals surface area contributed by atoms with E-state index < -0.39 is 11.8 Å². The Balaban J connectivity index is 2.10. The molecule has 31 heavy (non-hydrogen) atoms. The molecule has 0 aromatic heterocycles. The highest BCUT2D eigenvalue weighted by Crippen LogP contribution is 2.49. The van der Waals surface area contributed by atoms with Gasteiger partial charge < -0.3 is 14.7 Å². The van der Waals surface area contributed by atoms with Crippen molar-refractivity contribution in [3.8, 4) is 5.75 Å². The number of carbonyl (C=O) groups is 1. The van der Waals surface area contributed by atoms with Crippen molar-refractivity contribution in [2.24, 2.45) is 5.41 Å². The fraction of sp³-hybridized carbons (Fsp3) is 0.375. The Morgan fingerprint density at radius 2 is 2.06 bits per heavy atom. The van der Waals surface area contributed by atoms with Crippen molar-refractivity contribution in [3.05, 3.63) is 54.6 Å². The Bertz CT molecular complexity index is 951. The van der Waals surface area contributed by atoms with Crippen molar-refractivity contribution in [1.82, 2.24) is 0 Å². The third-order valence-electron chi connectivity index (χ3n) is 5.66. The van der Waals surface area contributed by atoms with Gasteiger partial charge in [-0.2, -0.15) is 4.39 Å². The van der Waals surface area contributed by atoms with Crippen LogP contribution in [0.2, 0.25) is 0 Å². The van der Waals surface area contributed by atoms with E-state index in [2.05, 4.69) is 36.9 Å². The molecule has 0 aliphatic carbocycles. The van der Waals surface area contributed by atoms with Crippen LogP contribution in [0, 0.1) is 5.41 Å². The number of anilines is 2. The standard InChI is InChI=1S/C24H28FNO3S2/c1-4-11-24(5-2)15-26(17-9-7-6-8-10-17)19-12-22(30-3)20(13-21(19)31-16-24)29-14-18(25)23(27)28/h6-10,12-14H,4-5,11,15-16H2,1-3H3,(H,27,28)/b18-14-. The van der Waals surface area contributed by atoms with Crippen molar-refractivity contribution < 1.29 is 19.0 Å². The third-order valence-corrected chi connectivity index (χ3v) is 7.81. The minimum absolute atomic E-state index is 0.171. The predicted molar refractivity (Wildman–Crippen MR) is 127 cm³/mol. The molecule has 0 fully saturated rings. The summed E-state index contributed by atoms with van der Waals surface area (Å²) < 4.78 is 18.9. The molecule has 0 radical (unpaired) electrons. The topological polar surface area (TPSA) is 49.8 Å². The summed E-state index contributed by atoms with van der Waals surface area (Å²) in [6.45, 7) is 5.41. The number of rotatable bonds is 8. The van der Waals surface area contributed by atoms with E-state index in [4.69, 9.17) is 9.84 Å². The molecule has 2 aromatic carbocycles. The summed E-state index contributed by atoms with van der Waals surface area (Å²) in [5.74, 6) is -1.53. The lowest BCUT2D eigenvalue weighted by atomic mass is 9.82. The minimum atomic E-state index is -1.64. The largest absolute Gasteiger partial charge is 0.476 e. The van der Waals surface area contributed by atoms with Crippen LogP contribution in [0.1, 0.15) is 33.1 Å². The number of aliphatic carboxylic acids is 1. The zero-order valence-corrected chi connectivity index (χ0v) is 19.7. The molecule has 7 heteroatoms. The maximum absolute atomic E-state index is 13.5. The molecular weight excluding hydrogens is 433 g/mol. The number of para-hydroxylation sites is 1. The van der Waals surface area contributed by atoms with E-state index in [0.29, 0.717) is 12.0 Å². The number of benzene rings is 2. The summed E-state index contributed by atoms with van der Waals surface area (Å²) >= 11 is 3.28. The van der Waals surface area contributed by atoms with E-state index >= 15 is 0 Å². The molecule has 1 aliphatic heterocycles. The smallest absolute Gasteiger partial charge is 0.368 e. The lowest BCUT2D eigenvalue weighted by Gasteiger charge is -2.36. The molecule has 1 heterocycles. The lowest BCUT2D eigenvalue weighted by Crippen LogP contribution is -2.35. The molecule has 166 valence electrons. The van der Waals surface area contributed by atoms with E-state index in [9.17, 15) is 9.18 Å². The van der Waals surface area contributed by atoms with Crippen LogP contribution in [0.25, 0.3) is 0 Å². The first-order valence-electron chi connectivity index (χ1n) is 10.4. The molecule has 1 unspecified atom stereocenters. The molecule has 1 aliphatic rings. The predicted octanol–water partition coefficient (Wildman–Crippen LogP) is 7.12. The molecule has 0 amide bonds. The summed E-state index contributed by atoms with van der Waals surface area (Å²) in [4.78, 5) is 15.0. The fourth-order valence-electron chi connectivity index (χ4n) is 3.88. The summed E-state index contributed by atoms with van der Waals surface area (Å²) in [6, 6.07) is 14.3. The molecule has 3 rings (SSSR count). The van der Waals surface area contributed by atoms with Crippen molar-refractivity contribution in [1.29, 1.82) is 0 Å². The molecular formula is C24H28FNO3S2. The number of carboxylic acid groups (broad SMARTS) is 1. The van der Waals surface area contributed by atoms with Gasteiger partial charge in [0.2, 0.25) is 5.83 Å². The zero-order valence-electron chi connectivity index (χ0n) is 18.1. The Morgan fingerprint density at radius 3 is 2.68 bits per heavy atom. The Hall–Kier alpha value is -2.12. The van der Waals surface area contributed by atoms with Gasteiger partial charge in [-0.25, -0.2) is 4.79 Å². The summed E-state index contributed by atoms with van der Waals surface area (Å²) in [7, 11) is 0. The fourth-order valence-corrected chi connectivity index (χ4v) is 5.83. The van der Waals surface area contributed by atoms with E-state index in [1.807, 2.05) is 30.5 Å². The van der Waals surface area contributed by atoms with Crippen molar-refractivity contribution in [3.63, 3.8) is 0 Å². The number of ether oxygens (including phenoxy) is 1. The van der Waals surface area contributed by atoms with Crippen molar-refractivity contribution >= 4 is 40.9 Å². The van der Waals surface area contributed by atoms with E-state index in [1.165, 1.54) is 11.8 Å². The first-order chi connectivity index (χ1) is 14.9. The number of thioether (sulfide) groups is 2. The highest BCUT2D eigenvalue weighted by Gasteiger charge is 2.35. The molecule has 1 atom stereocenters. The first kappa shape index (κ1) is 23.5. The van der Waals surface area contributed by atoms with Crippen LogP contribution in [-0.2, 0) is 4.79 Å². The van der Waals surface area contributed by atoms with E-state index in [-0.39, 0.29) is 5.41 Å². The van der Waals surface area contributed by atoms with Gasteiger partial charge in [0.15, 0.2) is 0 Å². The molecule has 0 bridgehead atoms. The average molecular weight is 462 g/mol. The Labute approximate surface area is 191 Å². The normalized spacial score (nSPS) is 19.0. The monoisotopic (exact) mass is 461 g/mol. The number of nitrogens with zero attached hydrogens (tertiary/aromatic N) is 1. The van der Waals surface area contributed by atoms with Crippen molar-refractivity contribution in [2.75, 3.05) is 23.5 Å². The van der Waals surface area contributed by atoms with Gasteiger partial charge in [0.1, 0.15) is 12.0 Å². The first-order valence-corrected chi connectivity index (χ1v) is 12.6. The van der Waals surface area contributed by atoms with Gasteiger partial charge in [0.25, 0.3) is 0 Å². The van der Waals surface area contributed by atoms with Gasteiger partial charge in [0.05, 0.1) is 10.6 Å². The minimum Gasteiger partial charge on any atom is -0.476 e. The van der Waals surface area contributed by atoms with E-state index in [1.54, 1.807) is 11.8 Å². The van der Waals surface area contributed by atoms with E-state index in [0.717, 1.165) is 52.7 Å². The molecule has 2 aromatic rings. The lowest BCUT2D eigenvalue weighted by molar-refractivity contribution is -0.134. The van der Waals surface area contributed by atoms with Gasteiger partial charge in [-0.3, -0.25) is 0 Å². The second kappa shape index (κ2) is 10.5. The maximum Gasteiger partial charge on any atom is 0.368 e. The maximum atomic E-state index is 13.5. The van der Waals surface area contributed by atoms with Gasteiger partial charge in [-0.05, 0) is 48.8 Å². The second-order valence-electron chi connectivity index (χ2n) is 7.67. The average Bonchev–Trinajstić information content (AvgIpc) is 2.94. The molecule has 0 saturated heterocycles. The van der Waals surface area contributed by atoms with Crippen LogP contribution in [0.5, 0.6) is 5.75 Å². The number of fused-ring (bicyclic) bond motifs is 1. The zero-order chi connectivity index (χ0) is 22.4. The van der Waals surface area contributed by atoms with Gasteiger partial charge in [0, 0.05) is 22.9 Å². The van der Waals surface area contributed by atoms with Gasteiger partial charge >= 0.3 is 5.97 Å². The quantitative estimate of drug-likeness (QED) is 0.256. The van der Waals surface area contributed by atoms with Crippen LogP contribution in [0.3, 0.4) is 0 Å². The van der Waals surface area contributed by atoms with Gasteiger partial charge in [-0.1, -0.05) is 38.5 Å². The third kappa shape index (κ3) is 5.39. The molecule has 4 nitrogen and oxygen atoms in total. The van der Waals surface area contributed by atoms with Crippen LogP contribution in [0.15, 0.2) is 64.3 Å². The Morgan fingerprint density at radius 1 is 1.32 bits per heavy atom. The summed E-state index contributed by atoms with van der Waals surface area (Å²) in [6.07, 6.45) is 5.93. The number of hydrogen-bond donors (Lipinski definition) is 1. The van der Waals surface area contributed by atoms with Crippen LogP contribution < -0.4 is 9.64 Å². The van der Waals surface area contributed by atoms with Crippen LogP contribution in [0.4, 0.5) is 15.8 Å². The number of hydrogen-bond acceptors (Lipinski definition) is 5.